The minimum atomic E-state index is -0.589. The highest BCUT2D eigenvalue weighted by Gasteiger charge is 2.25. The average Bonchev–Trinajstić information content (AvgIpc) is 2.65. The Kier molecular flexibility index (Phi) is 9.40. The summed E-state index contributed by atoms with van der Waals surface area (Å²) in [6.07, 6.45) is 0.536. The number of carbonyl (C=O) groups excluding carboxylic acids is 2. The Morgan fingerprint density at radius 2 is 1.86 bits per heavy atom. The highest BCUT2D eigenvalue weighted by atomic mass is 35.5. The maximum Gasteiger partial charge on any atom is 0.251 e. The Labute approximate surface area is 179 Å². The number of nitrogens with zero attached hydrogens (tertiary/aromatic N) is 1. The summed E-state index contributed by atoms with van der Waals surface area (Å²) >= 11 is 5.88. The normalized spacial score (nSPS) is 18.7. The van der Waals surface area contributed by atoms with E-state index in [9.17, 15) is 9.59 Å². The van der Waals surface area contributed by atoms with Crippen molar-refractivity contribution in [2.75, 3.05) is 32.8 Å². The molecule has 0 aliphatic carbocycles. The number of halogens is 1. The smallest absolute Gasteiger partial charge is 0.251 e. The molecule has 1 saturated heterocycles. The Balaban J connectivity index is 1.90. The van der Waals surface area contributed by atoms with Crippen LogP contribution in [0.4, 0.5) is 0 Å². The number of benzene rings is 1. The van der Waals surface area contributed by atoms with Gasteiger partial charge in [0.1, 0.15) is 6.04 Å². The number of ether oxygens (including phenoxy) is 1. The summed E-state index contributed by atoms with van der Waals surface area (Å²) in [4.78, 5) is 27.7. The van der Waals surface area contributed by atoms with Crippen LogP contribution in [0.2, 0.25) is 5.02 Å². The molecule has 1 aromatic rings. The van der Waals surface area contributed by atoms with E-state index in [4.69, 9.17) is 16.3 Å². The number of rotatable bonds is 9. The third-order valence-corrected chi connectivity index (χ3v) is 5.04. The van der Waals surface area contributed by atoms with Crippen molar-refractivity contribution >= 4 is 23.4 Å². The van der Waals surface area contributed by atoms with E-state index in [-0.39, 0.29) is 23.8 Å². The molecule has 162 valence electrons. The van der Waals surface area contributed by atoms with E-state index < -0.39 is 6.04 Å². The van der Waals surface area contributed by atoms with Gasteiger partial charge in [-0.25, -0.2) is 0 Å². The van der Waals surface area contributed by atoms with Gasteiger partial charge in [0, 0.05) is 36.8 Å². The summed E-state index contributed by atoms with van der Waals surface area (Å²) in [5.41, 5.74) is 0.482. The van der Waals surface area contributed by atoms with Gasteiger partial charge >= 0.3 is 0 Å². The second-order valence-corrected chi connectivity index (χ2v) is 8.99. The van der Waals surface area contributed by atoms with Gasteiger partial charge in [-0.1, -0.05) is 39.3 Å². The van der Waals surface area contributed by atoms with E-state index in [1.165, 1.54) is 0 Å². The summed E-state index contributed by atoms with van der Waals surface area (Å²) in [6, 6.07) is 6.05. The Bertz CT molecular complexity index is 664. The summed E-state index contributed by atoms with van der Waals surface area (Å²) in [7, 11) is 0. The van der Waals surface area contributed by atoms with Gasteiger partial charge in [0.15, 0.2) is 0 Å². The first-order valence-corrected chi connectivity index (χ1v) is 10.8. The predicted molar refractivity (Wildman–Crippen MR) is 116 cm³/mol. The van der Waals surface area contributed by atoms with Gasteiger partial charge in [0.2, 0.25) is 5.91 Å². The molecule has 1 heterocycles. The molecule has 0 radical (unpaired) electrons. The molecule has 1 aliphatic rings. The highest BCUT2D eigenvalue weighted by molar-refractivity contribution is 6.30. The first kappa shape index (κ1) is 23.6. The number of amides is 2. The fourth-order valence-electron chi connectivity index (χ4n) is 3.47. The second-order valence-electron chi connectivity index (χ2n) is 8.55. The Morgan fingerprint density at radius 1 is 1.17 bits per heavy atom. The lowest BCUT2D eigenvalue weighted by Crippen LogP contribution is -2.52. The topological polar surface area (TPSA) is 70.7 Å². The molecule has 0 spiro atoms. The molecule has 1 aliphatic heterocycles. The van der Waals surface area contributed by atoms with E-state index >= 15 is 0 Å². The number of carbonyl (C=O) groups is 2. The van der Waals surface area contributed by atoms with Gasteiger partial charge in [-0.2, -0.15) is 0 Å². The van der Waals surface area contributed by atoms with Crippen LogP contribution in [0, 0.1) is 11.8 Å². The lowest BCUT2D eigenvalue weighted by Gasteiger charge is -2.34. The van der Waals surface area contributed by atoms with Crippen molar-refractivity contribution < 1.29 is 14.3 Å². The van der Waals surface area contributed by atoms with Crippen molar-refractivity contribution in [2.45, 2.75) is 46.3 Å². The standard InChI is InChI=1S/C22H34ClN3O3/c1-15(2)11-20(25-21(27)17-5-7-18(23)8-6-17)22(28)24-12-19-14-26(9-10-29-19)13-16(3)4/h5-8,15-16,19-20H,9-14H2,1-4H3,(H,24,28)(H,25,27). The third kappa shape index (κ3) is 8.33. The number of hydrogen-bond donors (Lipinski definition) is 2. The number of morpholine rings is 1. The quantitative estimate of drug-likeness (QED) is 0.640. The van der Waals surface area contributed by atoms with Crippen molar-refractivity contribution in [1.29, 1.82) is 0 Å². The maximum absolute atomic E-state index is 12.8. The van der Waals surface area contributed by atoms with Gasteiger partial charge in [-0.15, -0.1) is 0 Å². The van der Waals surface area contributed by atoms with E-state index in [0.29, 0.717) is 36.1 Å². The fourth-order valence-corrected chi connectivity index (χ4v) is 3.60. The van der Waals surface area contributed by atoms with Crippen LogP contribution in [-0.2, 0) is 9.53 Å². The van der Waals surface area contributed by atoms with Crippen LogP contribution >= 0.6 is 11.6 Å². The monoisotopic (exact) mass is 423 g/mol. The van der Waals surface area contributed by atoms with Crippen LogP contribution in [0.25, 0.3) is 0 Å². The molecule has 1 fully saturated rings. The van der Waals surface area contributed by atoms with Crippen LogP contribution in [0.3, 0.4) is 0 Å². The first-order chi connectivity index (χ1) is 13.7. The van der Waals surface area contributed by atoms with Crippen molar-refractivity contribution in [3.63, 3.8) is 0 Å². The number of hydrogen-bond acceptors (Lipinski definition) is 4. The molecule has 0 aromatic heterocycles. The van der Waals surface area contributed by atoms with Crippen molar-refractivity contribution in [3.05, 3.63) is 34.9 Å². The number of nitrogens with one attached hydrogen (secondary N) is 2. The van der Waals surface area contributed by atoms with E-state index in [0.717, 1.165) is 19.6 Å². The van der Waals surface area contributed by atoms with Gasteiger partial charge in [0.25, 0.3) is 5.91 Å². The molecule has 1 aromatic carbocycles. The van der Waals surface area contributed by atoms with Crippen LogP contribution in [-0.4, -0.2) is 61.6 Å². The molecule has 2 unspecified atom stereocenters. The molecule has 2 atom stereocenters. The summed E-state index contributed by atoms with van der Waals surface area (Å²) in [6.45, 7) is 12.3. The summed E-state index contributed by atoms with van der Waals surface area (Å²) < 4.78 is 5.81. The molecule has 2 N–H and O–H groups in total. The lowest BCUT2D eigenvalue weighted by atomic mass is 10.0. The zero-order valence-corrected chi connectivity index (χ0v) is 18.7. The lowest BCUT2D eigenvalue weighted by molar-refractivity contribution is -0.124. The van der Waals surface area contributed by atoms with Crippen molar-refractivity contribution in [2.24, 2.45) is 11.8 Å². The molecule has 0 saturated carbocycles. The Morgan fingerprint density at radius 3 is 2.48 bits per heavy atom. The zero-order valence-electron chi connectivity index (χ0n) is 17.9. The summed E-state index contributed by atoms with van der Waals surface area (Å²) in [5, 5.41) is 6.40. The van der Waals surface area contributed by atoms with Crippen LogP contribution in [0.15, 0.2) is 24.3 Å². The second kappa shape index (κ2) is 11.5. The van der Waals surface area contributed by atoms with Crippen molar-refractivity contribution in [1.82, 2.24) is 15.5 Å². The average molecular weight is 424 g/mol. The largest absolute Gasteiger partial charge is 0.374 e. The predicted octanol–water partition coefficient (Wildman–Crippen LogP) is 2.96. The molecule has 0 bridgehead atoms. The molecule has 7 heteroatoms. The van der Waals surface area contributed by atoms with E-state index in [1.807, 2.05) is 13.8 Å². The van der Waals surface area contributed by atoms with Gasteiger partial charge in [0.05, 0.1) is 12.7 Å². The summed E-state index contributed by atoms with van der Waals surface area (Å²) in [5.74, 6) is 0.413. The molecule has 29 heavy (non-hydrogen) atoms. The molecule has 2 amide bonds. The minimum Gasteiger partial charge on any atom is -0.374 e. The van der Waals surface area contributed by atoms with Gasteiger partial charge < -0.3 is 15.4 Å². The zero-order chi connectivity index (χ0) is 21.4. The molecule has 6 nitrogen and oxygen atoms in total. The first-order valence-electron chi connectivity index (χ1n) is 10.4. The fraction of sp³-hybridized carbons (Fsp3) is 0.636. The van der Waals surface area contributed by atoms with E-state index in [1.54, 1.807) is 24.3 Å². The maximum atomic E-state index is 12.8. The SMILES string of the molecule is CC(C)CC(NC(=O)c1ccc(Cl)cc1)C(=O)NCC1CN(CC(C)C)CCO1. The molecule has 2 rings (SSSR count). The van der Waals surface area contributed by atoms with Crippen LogP contribution < -0.4 is 10.6 Å². The van der Waals surface area contributed by atoms with Crippen LogP contribution in [0.1, 0.15) is 44.5 Å². The van der Waals surface area contributed by atoms with Gasteiger partial charge in [-0.3, -0.25) is 14.5 Å². The Hall–Kier alpha value is -1.63. The minimum absolute atomic E-state index is 0.0295. The highest BCUT2D eigenvalue weighted by Crippen LogP contribution is 2.12. The van der Waals surface area contributed by atoms with E-state index in [2.05, 4.69) is 29.4 Å². The van der Waals surface area contributed by atoms with Crippen LogP contribution in [0.5, 0.6) is 0 Å². The third-order valence-electron chi connectivity index (χ3n) is 4.79. The molecular formula is C22H34ClN3O3. The van der Waals surface area contributed by atoms with Gasteiger partial charge in [-0.05, 0) is 42.5 Å². The van der Waals surface area contributed by atoms with Crippen molar-refractivity contribution in [3.8, 4) is 0 Å². The molecular weight excluding hydrogens is 390 g/mol.